The number of aliphatic carboxylic acids is 2. The molecule has 5 heteroatoms. The molecule has 0 aromatic carbocycles. The van der Waals surface area contributed by atoms with Crippen LogP contribution in [0.5, 0.6) is 0 Å². The number of hydrogen-bond acceptors (Lipinski definition) is 4. The van der Waals surface area contributed by atoms with Crippen molar-refractivity contribution < 1.29 is 19.8 Å². The van der Waals surface area contributed by atoms with Gasteiger partial charge in [0.2, 0.25) is 0 Å². The Hall–Kier alpha value is -0.680. The first-order chi connectivity index (χ1) is 9.54. The molecular weight excluding hydrogens is 296 g/mol. The molecule has 0 saturated carbocycles. The zero-order valence-electron chi connectivity index (χ0n) is 13.0. The van der Waals surface area contributed by atoms with E-state index in [1.807, 2.05) is 11.8 Å². The van der Waals surface area contributed by atoms with Crippen molar-refractivity contribution in [2.45, 2.75) is 65.2 Å². The molecule has 0 aromatic heterocycles. The quantitative estimate of drug-likeness (QED) is 0.400. The van der Waals surface area contributed by atoms with Crippen molar-refractivity contribution in [1.29, 1.82) is 0 Å². The number of carbonyl (C=O) groups is 2. The first-order valence-corrected chi connectivity index (χ1v) is 6.94. The minimum atomic E-state index is -1.28. The van der Waals surface area contributed by atoms with Crippen LogP contribution in [-0.2, 0) is 9.59 Å². The molecule has 0 bridgehead atoms. The van der Waals surface area contributed by atoms with Crippen molar-refractivity contribution in [2.24, 2.45) is 0 Å². The van der Waals surface area contributed by atoms with Gasteiger partial charge in [-0.3, -0.25) is 0 Å². The van der Waals surface area contributed by atoms with Crippen molar-refractivity contribution in [2.75, 3.05) is 0 Å². The van der Waals surface area contributed by atoms with Crippen LogP contribution in [0.2, 0.25) is 0 Å². The van der Waals surface area contributed by atoms with E-state index in [1.165, 1.54) is 0 Å². The standard InChI is InChI=1S/2C8H12O2.Ca/c2*1-2-3-4-5-6-7-8(9)10;/h2*2-5H2,1H3,(H,9,10);/q;;+2/p-2. The smallest absolute Gasteiger partial charge is 0.537 e. The largest absolute Gasteiger partial charge is 2.00 e. The van der Waals surface area contributed by atoms with E-state index in [-0.39, 0.29) is 37.7 Å². The van der Waals surface area contributed by atoms with Crippen molar-refractivity contribution in [3.8, 4) is 23.7 Å². The molecule has 0 aliphatic heterocycles. The molecule has 0 heterocycles. The Kier molecular flexibility index (Phi) is 26.0. The summed E-state index contributed by atoms with van der Waals surface area (Å²) in [5.74, 6) is 6.37. The van der Waals surface area contributed by atoms with Gasteiger partial charge >= 0.3 is 37.7 Å². The summed E-state index contributed by atoms with van der Waals surface area (Å²) >= 11 is 0. The van der Waals surface area contributed by atoms with Crippen LogP contribution in [0, 0.1) is 23.7 Å². The molecule has 0 unspecified atom stereocenters. The minimum Gasteiger partial charge on any atom is -0.537 e. The molecule has 4 nitrogen and oxygen atoms in total. The zero-order valence-corrected chi connectivity index (χ0v) is 15.2. The van der Waals surface area contributed by atoms with E-state index in [1.54, 1.807) is 0 Å². The number of unbranched alkanes of at least 4 members (excludes halogenated alkanes) is 6. The molecule has 0 aliphatic carbocycles. The van der Waals surface area contributed by atoms with Crippen molar-refractivity contribution in [3.63, 3.8) is 0 Å². The zero-order chi connectivity index (χ0) is 15.6. The van der Waals surface area contributed by atoms with Crippen LogP contribution < -0.4 is 10.2 Å². The Morgan fingerprint density at radius 3 is 1.33 bits per heavy atom. The van der Waals surface area contributed by atoms with Crippen LogP contribution in [0.15, 0.2) is 0 Å². The normalized spacial score (nSPS) is 7.71. The Labute approximate surface area is 157 Å². The summed E-state index contributed by atoms with van der Waals surface area (Å²) in [6, 6.07) is 0. The van der Waals surface area contributed by atoms with E-state index in [9.17, 15) is 19.8 Å². The Morgan fingerprint density at radius 1 is 0.762 bits per heavy atom. The number of rotatable bonds is 6. The number of carbonyl (C=O) groups excluding carboxylic acids is 2. The second kappa shape index (κ2) is 21.6. The minimum absolute atomic E-state index is 0. The van der Waals surface area contributed by atoms with Gasteiger partial charge in [-0.2, -0.15) is 0 Å². The molecular formula is C16H22CaO4. The number of carboxylic acids is 2. The van der Waals surface area contributed by atoms with E-state index in [4.69, 9.17) is 0 Å². The van der Waals surface area contributed by atoms with E-state index in [0.29, 0.717) is 12.8 Å². The summed E-state index contributed by atoms with van der Waals surface area (Å²) in [6.45, 7) is 4.18. The van der Waals surface area contributed by atoms with Gasteiger partial charge in [0.25, 0.3) is 0 Å². The Bertz CT molecular complexity index is 345. The molecule has 21 heavy (non-hydrogen) atoms. The number of hydrogen-bond donors (Lipinski definition) is 0. The second-order valence-corrected chi connectivity index (χ2v) is 4.09. The second-order valence-electron chi connectivity index (χ2n) is 4.09. The summed E-state index contributed by atoms with van der Waals surface area (Å²) in [5.41, 5.74) is 0. The van der Waals surface area contributed by atoms with Crippen LogP contribution in [0.25, 0.3) is 0 Å². The monoisotopic (exact) mass is 318 g/mol. The summed E-state index contributed by atoms with van der Waals surface area (Å²) in [7, 11) is 0. The maximum atomic E-state index is 9.75. The average molecular weight is 318 g/mol. The van der Waals surface area contributed by atoms with Crippen LogP contribution in [-0.4, -0.2) is 49.7 Å². The van der Waals surface area contributed by atoms with Crippen molar-refractivity contribution in [3.05, 3.63) is 0 Å². The SMILES string of the molecule is CCCCCC#CC(=O)[O-].CCCCCC#CC(=O)[O-].[Ca+2]. The first kappa shape index (κ1) is 25.3. The van der Waals surface area contributed by atoms with E-state index < -0.39 is 11.9 Å². The van der Waals surface area contributed by atoms with Crippen molar-refractivity contribution >= 4 is 49.7 Å². The molecule has 0 radical (unpaired) electrons. The molecule has 0 atom stereocenters. The third-order valence-electron chi connectivity index (χ3n) is 2.19. The maximum absolute atomic E-state index is 9.75. The van der Waals surface area contributed by atoms with Crippen LogP contribution in [0.4, 0.5) is 0 Å². The molecule has 0 fully saturated rings. The van der Waals surface area contributed by atoms with E-state index in [2.05, 4.69) is 25.7 Å². The summed E-state index contributed by atoms with van der Waals surface area (Å²) in [6.07, 6.45) is 7.79. The molecule has 0 spiro atoms. The fraction of sp³-hybridized carbons (Fsp3) is 0.625. The molecule has 0 N–H and O–H groups in total. The van der Waals surface area contributed by atoms with Gasteiger partial charge in [-0.15, -0.1) is 0 Å². The van der Waals surface area contributed by atoms with Gasteiger partial charge in [-0.05, 0) is 24.7 Å². The molecule has 0 amide bonds. The van der Waals surface area contributed by atoms with Crippen molar-refractivity contribution in [1.82, 2.24) is 0 Å². The van der Waals surface area contributed by atoms with Gasteiger partial charge in [0, 0.05) is 12.8 Å². The third kappa shape index (κ3) is 32.7. The van der Waals surface area contributed by atoms with Crippen LogP contribution in [0.3, 0.4) is 0 Å². The van der Waals surface area contributed by atoms with Gasteiger partial charge in [0.15, 0.2) is 0 Å². The van der Waals surface area contributed by atoms with E-state index in [0.717, 1.165) is 38.5 Å². The van der Waals surface area contributed by atoms with Gasteiger partial charge in [0.05, 0.1) is 0 Å². The summed E-state index contributed by atoms with van der Waals surface area (Å²) < 4.78 is 0. The summed E-state index contributed by atoms with van der Waals surface area (Å²) in [5, 5.41) is 19.5. The first-order valence-electron chi connectivity index (χ1n) is 6.94. The predicted molar refractivity (Wildman–Crippen MR) is 79.6 cm³/mol. The van der Waals surface area contributed by atoms with Gasteiger partial charge in [-0.1, -0.05) is 51.4 Å². The van der Waals surface area contributed by atoms with Crippen LogP contribution in [0.1, 0.15) is 65.2 Å². The van der Waals surface area contributed by atoms with Gasteiger partial charge < -0.3 is 19.8 Å². The fourth-order valence-corrected chi connectivity index (χ4v) is 1.20. The topological polar surface area (TPSA) is 80.3 Å². The maximum Gasteiger partial charge on any atom is 2.00 e. The van der Waals surface area contributed by atoms with Crippen LogP contribution >= 0.6 is 0 Å². The fourth-order valence-electron chi connectivity index (χ4n) is 1.20. The molecule has 0 saturated heterocycles. The number of carboxylic acid groups (broad SMARTS) is 2. The van der Waals surface area contributed by atoms with Gasteiger partial charge in [-0.25, -0.2) is 0 Å². The molecule has 0 rings (SSSR count). The van der Waals surface area contributed by atoms with E-state index >= 15 is 0 Å². The predicted octanol–water partition coefficient (Wildman–Crippen LogP) is 0.259. The summed E-state index contributed by atoms with van der Waals surface area (Å²) in [4.78, 5) is 19.5. The molecule has 0 aliphatic rings. The molecule has 112 valence electrons. The third-order valence-corrected chi connectivity index (χ3v) is 2.19. The Morgan fingerprint density at radius 2 is 1.10 bits per heavy atom. The molecule has 0 aromatic rings. The Balaban J connectivity index is -0.000000295. The average Bonchev–Trinajstić information content (AvgIpc) is 2.38. The van der Waals surface area contributed by atoms with Gasteiger partial charge in [0.1, 0.15) is 11.9 Å².